The highest BCUT2D eigenvalue weighted by molar-refractivity contribution is 9.10. The monoisotopic (exact) mass is 391 g/mol. The number of anilines is 1. The van der Waals surface area contributed by atoms with Gasteiger partial charge in [0.15, 0.2) is 6.61 Å². The van der Waals surface area contributed by atoms with E-state index >= 15 is 0 Å². The molecule has 0 radical (unpaired) electrons. The summed E-state index contributed by atoms with van der Waals surface area (Å²) in [6.45, 7) is 1.52. The van der Waals surface area contributed by atoms with Gasteiger partial charge in [0.2, 0.25) is 0 Å². The lowest BCUT2D eigenvalue weighted by molar-refractivity contribution is -0.122. The normalized spacial score (nSPS) is 16.0. The SMILES string of the molecule is C[C@@H]1Cc2ccccc2N1C(=O)COC(=O)c1ccc(Br)cc1F. The van der Waals surface area contributed by atoms with Gasteiger partial charge in [0, 0.05) is 16.2 Å². The topological polar surface area (TPSA) is 46.6 Å². The molecule has 1 heterocycles. The van der Waals surface area contributed by atoms with Gasteiger partial charge in [-0.2, -0.15) is 0 Å². The second-order valence-corrected chi connectivity index (χ2v) is 6.56. The molecule has 1 aliphatic rings. The van der Waals surface area contributed by atoms with Crippen LogP contribution in [0.25, 0.3) is 0 Å². The van der Waals surface area contributed by atoms with Crippen LogP contribution < -0.4 is 4.90 Å². The second-order valence-electron chi connectivity index (χ2n) is 5.65. The summed E-state index contributed by atoms with van der Waals surface area (Å²) in [5.74, 6) is -1.87. The van der Waals surface area contributed by atoms with Gasteiger partial charge in [-0.3, -0.25) is 4.79 Å². The molecule has 1 atom stereocenters. The van der Waals surface area contributed by atoms with Crippen LogP contribution in [-0.2, 0) is 16.0 Å². The first-order chi connectivity index (χ1) is 11.5. The van der Waals surface area contributed by atoms with Crippen LogP contribution in [-0.4, -0.2) is 24.5 Å². The van der Waals surface area contributed by atoms with E-state index in [-0.39, 0.29) is 17.5 Å². The zero-order chi connectivity index (χ0) is 17.3. The number of carbonyl (C=O) groups is 2. The molecule has 24 heavy (non-hydrogen) atoms. The maximum absolute atomic E-state index is 13.8. The minimum atomic E-state index is -0.853. The summed E-state index contributed by atoms with van der Waals surface area (Å²) >= 11 is 3.12. The van der Waals surface area contributed by atoms with Gasteiger partial charge in [0.1, 0.15) is 5.82 Å². The number of halogens is 2. The predicted molar refractivity (Wildman–Crippen MR) is 91.5 cm³/mol. The molecule has 0 saturated carbocycles. The number of benzene rings is 2. The average molecular weight is 392 g/mol. The molecule has 0 aromatic heterocycles. The Kier molecular flexibility index (Phi) is 4.66. The molecule has 6 heteroatoms. The van der Waals surface area contributed by atoms with Crippen LogP contribution in [0.1, 0.15) is 22.8 Å². The highest BCUT2D eigenvalue weighted by atomic mass is 79.9. The van der Waals surface area contributed by atoms with E-state index in [2.05, 4.69) is 15.9 Å². The number of esters is 1. The maximum Gasteiger partial charge on any atom is 0.341 e. The Hall–Kier alpha value is -2.21. The van der Waals surface area contributed by atoms with E-state index in [0.29, 0.717) is 4.47 Å². The summed E-state index contributed by atoms with van der Waals surface area (Å²) in [6.07, 6.45) is 0.761. The van der Waals surface area contributed by atoms with Crippen LogP contribution in [0.15, 0.2) is 46.9 Å². The van der Waals surface area contributed by atoms with Gasteiger partial charge in [0.25, 0.3) is 5.91 Å². The quantitative estimate of drug-likeness (QED) is 0.749. The van der Waals surface area contributed by atoms with Crippen molar-refractivity contribution in [2.24, 2.45) is 0 Å². The van der Waals surface area contributed by atoms with Crippen molar-refractivity contribution in [3.8, 4) is 0 Å². The lowest BCUT2D eigenvalue weighted by Gasteiger charge is -2.22. The Labute approximate surface area is 147 Å². The third-order valence-electron chi connectivity index (χ3n) is 3.95. The predicted octanol–water partition coefficient (Wildman–Crippen LogP) is 3.72. The zero-order valence-electron chi connectivity index (χ0n) is 13.0. The highest BCUT2D eigenvalue weighted by Gasteiger charge is 2.31. The molecular formula is C18H15BrFNO3. The van der Waals surface area contributed by atoms with Gasteiger partial charge in [-0.15, -0.1) is 0 Å². The summed E-state index contributed by atoms with van der Waals surface area (Å²) in [5.41, 5.74) is 1.73. The highest BCUT2D eigenvalue weighted by Crippen LogP contribution is 2.31. The first-order valence-corrected chi connectivity index (χ1v) is 8.29. The number of nitrogens with zero attached hydrogens (tertiary/aromatic N) is 1. The molecule has 0 unspecified atom stereocenters. The van der Waals surface area contributed by atoms with Crippen molar-refractivity contribution < 1.29 is 18.7 Å². The van der Waals surface area contributed by atoms with E-state index in [4.69, 9.17) is 4.74 Å². The van der Waals surface area contributed by atoms with E-state index in [9.17, 15) is 14.0 Å². The van der Waals surface area contributed by atoms with Crippen LogP contribution in [0.4, 0.5) is 10.1 Å². The maximum atomic E-state index is 13.8. The lowest BCUT2D eigenvalue weighted by Crippen LogP contribution is -2.38. The number of rotatable bonds is 3. The molecule has 0 saturated heterocycles. The smallest absolute Gasteiger partial charge is 0.341 e. The van der Waals surface area contributed by atoms with E-state index in [1.54, 1.807) is 11.0 Å². The van der Waals surface area contributed by atoms with Gasteiger partial charge < -0.3 is 9.64 Å². The Morgan fingerprint density at radius 3 is 2.79 bits per heavy atom. The summed E-state index contributed by atoms with van der Waals surface area (Å²) in [6, 6.07) is 11.7. The number of hydrogen-bond acceptors (Lipinski definition) is 3. The van der Waals surface area contributed by atoms with Gasteiger partial charge in [-0.05, 0) is 43.2 Å². The van der Waals surface area contributed by atoms with E-state index in [0.717, 1.165) is 17.7 Å². The molecule has 0 bridgehead atoms. The molecule has 0 N–H and O–H groups in total. The molecule has 3 rings (SSSR count). The Morgan fingerprint density at radius 2 is 2.04 bits per heavy atom. The van der Waals surface area contributed by atoms with Crippen LogP contribution in [0.5, 0.6) is 0 Å². The fraction of sp³-hybridized carbons (Fsp3) is 0.222. The van der Waals surface area contributed by atoms with Gasteiger partial charge in [0.05, 0.1) is 5.56 Å². The fourth-order valence-corrected chi connectivity index (χ4v) is 3.21. The van der Waals surface area contributed by atoms with Crippen molar-refractivity contribution in [1.82, 2.24) is 0 Å². The van der Waals surface area contributed by atoms with Crippen molar-refractivity contribution in [3.05, 3.63) is 63.9 Å². The zero-order valence-corrected chi connectivity index (χ0v) is 14.5. The molecule has 4 nitrogen and oxygen atoms in total. The van der Waals surface area contributed by atoms with Crippen molar-refractivity contribution in [2.75, 3.05) is 11.5 Å². The number of amides is 1. The minimum Gasteiger partial charge on any atom is -0.452 e. The van der Waals surface area contributed by atoms with Gasteiger partial charge >= 0.3 is 5.97 Å². The standard InChI is InChI=1S/C18H15BrFNO3/c1-11-8-12-4-2-3-5-16(12)21(11)17(22)10-24-18(23)14-7-6-13(19)9-15(14)20/h2-7,9,11H,8,10H2,1H3/t11-/m1/s1. The largest absolute Gasteiger partial charge is 0.452 e. The third kappa shape index (κ3) is 3.19. The van der Waals surface area contributed by atoms with Crippen molar-refractivity contribution in [2.45, 2.75) is 19.4 Å². The van der Waals surface area contributed by atoms with E-state index in [1.807, 2.05) is 31.2 Å². The van der Waals surface area contributed by atoms with Gasteiger partial charge in [-0.1, -0.05) is 34.1 Å². The molecule has 1 amide bonds. The summed E-state index contributed by atoms with van der Waals surface area (Å²) < 4.78 is 19.3. The van der Waals surface area contributed by atoms with E-state index < -0.39 is 18.4 Å². The number of ether oxygens (including phenoxy) is 1. The molecule has 2 aromatic rings. The molecular weight excluding hydrogens is 377 g/mol. The molecule has 124 valence electrons. The summed E-state index contributed by atoms with van der Waals surface area (Å²) in [4.78, 5) is 26.0. The summed E-state index contributed by atoms with van der Waals surface area (Å²) in [5, 5.41) is 0. The fourth-order valence-electron chi connectivity index (χ4n) is 2.88. The Bertz CT molecular complexity index is 809. The third-order valence-corrected chi connectivity index (χ3v) is 4.45. The Morgan fingerprint density at radius 1 is 1.29 bits per heavy atom. The van der Waals surface area contributed by atoms with E-state index in [1.165, 1.54) is 12.1 Å². The van der Waals surface area contributed by atoms with Crippen LogP contribution in [0, 0.1) is 5.82 Å². The van der Waals surface area contributed by atoms with Crippen LogP contribution >= 0.6 is 15.9 Å². The lowest BCUT2D eigenvalue weighted by atomic mass is 10.1. The average Bonchev–Trinajstić information content (AvgIpc) is 2.88. The van der Waals surface area contributed by atoms with Crippen molar-refractivity contribution in [1.29, 1.82) is 0 Å². The number of hydrogen-bond donors (Lipinski definition) is 0. The number of fused-ring (bicyclic) bond motifs is 1. The molecule has 1 aliphatic heterocycles. The van der Waals surface area contributed by atoms with Gasteiger partial charge in [-0.25, -0.2) is 9.18 Å². The van der Waals surface area contributed by atoms with Crippen molar-refractivity contribution >= 4 is 33.5 Å². The minimum absolute atomic E-state index is 0.00183. The molecule has 0 fully saturated rings. The number of carbonyl (C=O) groups excluding carboxylic acids is 2. The van der Waals surface area contributed by atoms with Crippen LogP contribution in [0.2, 0.25) is 0 Å². The van der Waals surface area contributed by atoms with Crippen molar-refractivity contribution in [3.63, 3.8) is 0 Å². The first kappa shape index (κ1) is 16.6. The van der Waals surface area contributed by atoms with Crippen LogP contribution in [0.3, 0.4) is 0 Å². The summed E-state index contributed by atoms with van der Waals surface area (Å²) in [7, 11) is 0. The molecule has 2 aromatic carbocycles. The number of para-hydroxylation sites is 1. The first-order valence-electron chi connectivity index (χ1n) is 7.49. The Balaban J connectivity index is 1.69. The molecule has 0 aliphatic carbocycles. The second kappa shape index (κ2) is 6.73. The molecule has 0 spiro atoms.